The van der Waals surface area contributed by atoms with E-state index in [1.165, 1.54) is 36.7 Å². The second-order valence-electron chi connectivity index (χ2n) is 4.84. The standard InChI is InChI=1S/C16H10N4O5S/c21-14(19-16-18-9-13(26-16)20(23)24)11-3-1-2-4-12(11)25-15(22)10-5-7-17-8-6-10/h1-9H,(H,18,19,21). The summed E-state index contributed by atoms with van der Waals surface area (Å²) in [5.74, 6) is -1.19. The number of pyridine rings is 1. The molecule has 3 aromatic rings. The molecule has 0 atom stereocenters. The number of thiazole rings is 1. The van der Waals surface area contributed by atoms with E-state index >= 15 is 0 Å². The summed E-state index contributed by atoms with van der Waals surface area (Å²) in [6.07, 6.45) is 3.95. The first kappa shape index (κ1) is 17.2. The molecule has 26 heavy (non-hydrogen) atoms. The zero-order valence-corrected chi connectivity index (χ0v) is 13.8. The van der Waals surface area contributed by atoms with E-state index in [9.17, 15) is 19.7 Å². The molecule has 2 heterocycles. The van der Waals surface area contributed by atoms with Gasteiger partial charge in [0.15, 0.2) is 5.13 Å². The molecule has 0 unspecified atom stereocenters. The van der Waals surface area contributed by atoms with Crippen molar-refractivity contribution in [2.24, 2.45) is 0 Å². The number of rotatable bonds is 5. The molecule has 0 radical (unpaired) electrons. The number of esters is 1. The van der Waals surface area contributed by atoms with Gasteiger partial charge in [-0.15, -0.1) is 0 Å². The predicted molar refractivity (Wildman–Crippen MR) is 92.4 cm³/mol. The summed E-state index contributed by atoms with van der Waals surface area (Å²) in [5, 5.41) is 13.0. The van der Waals surface area contributed by atoms with Crippen molar-refractivity contribution < 1.29 is 19.2 Å². The van der Waals surface area contributed by atoms with E-state index in [-0.39, 0.29) is 27.0 Å². The minimum Gasteiger partial charge on any atom is -0.422 e. The van der Waals surface area contributed by atoms with Crippen LogP contribution in [0.2, 0.25) is 0 Å². The molecule has 1 amide bonds. The molecule has 0 aliphatic rings. The second-order valence-corrected chi connectivity index (χ2v) is 5.85. The maximum atomic E-state index is 12.4. The van der Waals surface area contributed by atoms with Crippen molar-refractivity contribution >= 4 is 33.3 Å². The summed E-state index contributed by atoms with van der Waals surface area (Å²) in [4.78, 5) is 42.2. The molecule has 0 spiro atoms. The third-order valence-electron chi connectivity index (χ3n) is 3.14. The fraction of sp³-hybridized carbons (Fsp3) is 0. The van der Waals surface area contributed by atoms with E-state index in [1.54, 1.807) is 12.1 Å². The lowest BCUT2D eigenvalue weighted by Crippen LogP contribution is -2.16. The number of aromatic nitrogens is 2. The van der Waals surface area contributed by atoms with Crippen molar-refractivity contribution in [1.29, 1.82) is 0 Å². The number of amides is 1. The van der Waals surface area contributed by atoms with Crippen molar-refractivity contribution in [3.63, 3.8) is 0 Å². The Morgan fingerprint density at radius 3 is 2.58 bits per heavy atom. The second kappa shape index (κ2) is 7.49. The van der Waals surface area contributed by atoms with Crippen LogP contribution in [0.4, 0.5) is 10.1 Å². The Bertz CT molecular complexity index is 974. The number of benzene rings is 1. The van der Waals surface area contributed by atoms with Crippen LogP contribution in [0, 0.1) is 10.1 Å². The Morgan fingerprint density at radius 2 is 1.88 bits per heavy atom. The molecule has 2 aromatic heterocycles. The molecular formula is C16H10N4O5S. The van der Waals surface area contributed by atoms with E-state index in [0.717, 1.165) is 17.5 Å². The Morgan fingerprint density at radius 1 is 1.15 bits per heavy atom. The lowest BCUT2D eigenvalue weighted by molar-refractivity contribution is -0.380. The number of carbonyl (C=O) groups is 2. The molecule has 0 bridgehead atoms. The minimum absolute atomic E-state index is 0.0536. The van der Waals surface area contributed by atoms with Gasteiger partial charge in [-0.25, -0.2) is 9.78 Å². The van der Waals surface area contributed by atoms with Crippen molar-refractivity contribution in [3.05, 3.63) is 76.2 Å². The lowest BCUT2D eigenvalue weighted by atomic mass is 10.2. The molecule has 1 aromatic carbocycles. The molecule has 0 saturated carbocycles. The summed E-state index contributed by atoms with van der Waals surface area (Å²) in [7, 11) is 0. The summed E-state index contributed by atoms with van der Waals surface area (Å²) in [6, 6.07) is 9.12. The van der Waals surface area contributed by atoms with Gasteiger partial charge in [0.05, 0.1) is 16.1 Å². The third kappa shape index (κ3) is 3.87. The first-order valence-electron chi connectivity index (χ1n) is 7.17. The Hall–Kier alpha value is -3.66. The third-order valence-corrected chi connectivity index (χ3v) is 4.01. The number of carbonyl (C=O) groups excluding carboxylic acids is 2. The summed E-state index contributed by atoms with van der Waals surface area (Å²) >= 11 is 0.724. The molecule has 0 saturated heterocycles. The molecule has 130 valence electrons. The topological polar surface area (TPSA) is 124 Å². The highest BCUT2D eigenvalue weighted by Crippen LogP contribution is 2.27. The van der Waals surface area contributed by atoms with Gasteiger partial charge in [-0.2, -0.15) is 0 Å². The first-order chi connectivity index (χ1) is 12.5. The summed E-state index contributed by atoms with van der Waals surface area (Å²) in [5.41, 5.74) is 0.374. The van der Waals surface area contributed by atoms with Gasteiger partial charge in [-0.3, -0.25) is 25.2 Å². The van der Waals surface area contributed by atoms with Gasteiger partial charge >= 0.3 is 11.0 Å². The van der Waals surface area contributed by atoms with E-state index in [4.69, 9.17) is 4.74 Å². The van der Waals surface area contributed by atoms with Gasteiger partial charge in [0.25, 0.3) is 5.91 Å². The van der Waals surface area contributed by atoms with Crippen LogP contribution in [0.15, 0.2) is 55.0 Å². The number of anilines is 1. The smallest absolute Gasteiger partial charge is 0.345 e. The quantitative estimate of drug-likeness (QED) is 0.317. The Labute approximate surface area is 150 Å². The minimum atomic E-state index is -0.641. The van der Waals surface area contributed by atoms with E-state index in [1.807, 2.05) is 0 Å². The highest BCUT2D eigenvalue weighted by molar-refractivity contribution is 7.18. The van der Waals surface area contributed by atoms with Gasteiger partial charge in [-0.1, -0.05) is 12.1 Å². The monoisotopic (exact) mass is 370 g/mol. The molecule has 0 aliphatic carbocycles. The molecular weight excluding hydrogens is 360 g/mol. The van der Waals surface area contributed by atoms with Crippen LogP contribution < -0.4 is 10.1 Å². The molecule has 1 N–H and O–H groups in total. The normalized spacial score (nSPS) is 10.2. The van der Waals surface area contributed by atoms with Crippen LogP contribution in [0.3, 0.4) is 0 Å². The SMILES string of the molecule is O=C(Oc1ccccc1C(=O)Nc1ncc([N+](=O)[O-])s1)c1ccncc1. The first-order valence-corrected chi connectivity index (χ1v) is 7.99. The number of nitrogens with one attached hydrogen (secondary N) is 1. The number of hydrogen-bond acceptors (Lipinski definition) is 8. The summed E-state index contributed by atoms with van der Waals surface area (Å²) < 4.78 is 5.28. The van der Waals surface area contributed by atoms with Crippen LogP contribution in [-0.2, 0) is 0 Å². The van der Waals surface area contributed by atoms with Crippen LogP contribution in [0.1, 0.15) is 20.7 Å². The highest BCUT2D eigenvalue weighted by Gasteiger charge is 2.19. The highest BCUT2D eigenvalue weighted by atomic mass is 32.1. The number of nitro groups is 1. The van der Waals surface area contributed by atoms with Gasteiger partial charge in [0, 0.05) is 12.4 Å². The molecule has 3 rings (SSSR count). The van der Waals surface area contributed by atoms with Gasteiger partial charge in [0.1, 0.15) is 11.9 Å². The Balaban J connectivity index is 1.78. The molecule has 0 aliphatic heterocycles. The average molecular weight is 370 g/mol. The van der Waals surface area contributed by atoms with Crippen LogP contribution in [0.25, 0.3) is 0 Å². The van der Waals surface area contributed by atoms with Crippen LogP contribution in [0.5, 0.6) is 5.75 Å². The van der Waals surface area contributed by atoms with Crippen LogP contribution >= 0.6 is 11.3 Å². The molecule has 10 heteroatoms. The maximum Gasteiger partial charge on any atom is 0.345 e. The number of hydrogen-bond donors (Lipinski definition) is 1. The van der Waals surface area contributed by atoms with E-state index < -0.39 is 16.8 Å². The fourth-order valence-electron chi connectivity index (χ4n) is 1.96. The van der Waals surface area contributed by atoms with Crippen molar-refractivity contribution in [3.8, 4) is 5.75 Å². The predicted octanol–water partition coefficient (Wildman–Crippen LogP) is 2.92. The van der Waals surface area contributed by atoms with Crippen LogP contribution in [-0.4, -0.2) is 26.8 Å². The van der Waals surface area contributed by atoms with E-state index in [0.29, 0.717) is 0 Å². The van der Waals surface area contributed by atoms with Gasteiger partial charge < -0.3 is 4.74 Å². The zero-order valence-electron chi connectivity index (χ0n) is 13.0. The number of nitrogens with zero attached hydrogens (tertiary/aromatic N) is 3. The average Bonchev–Trinajstić information content (AvgIpc) is 3.11. The number of ether oxygens (including phenoxy) is 1. The maximum absolute atomic E-state index is 12.4. The number of para-hydroxylation sites is 1. The Kier molecular flexibility index (Phi) is 4.94. The van der Waals surface area contributed by atoms with E-state index in [2.05, 4.69) is 15.3 Å². The fourth-order valence-corrected chi connectivity index (χ4v) is 2.59. The largest absolute Gasteiger partial charge is 0.422 e. The van der Waals surface area contributed by atoms with Gasteiger partial charge in [0.2, 0.25) is 0 Å². The van der Waals surface area contributed by atoms with Crippen molar-refractivity contribution in [1.82, 2.24) is 9.97 Å². The van der Waals surface area contributed by atoms with Gasteiger partial charge in [-0.05, 0) is 35.6 Å². The zero-order chi connectivity index (χ0) is 18.5. The van der Waals surface area contributed by atoms with Crippen molar-refractivity contribution in [2.45, 2.75) is 0 Å². The van der Waals surface area contributed by atoms with Crippen molar-refractivity contribution in [2.75, 3.05) is 5.32 Å². The lowest BCUT2D eigenvalue weighted by Gasteiger charge is -2.09. The molecule has 0 fully saturated rings. The molecule has 9 nitrogen and oxygen atoms in total. The summed E-state index contributed by atoms with van der Waals surface area (Å²) in [6.45, 7) is 0.